The number of fused-ring (bicyclic) bond motifs is 1. The van der Waals surface area contributed by atoms with Gasteiger partial charge in [0.05, 0.1) is 23.6 Å². The number of anilines is 2. The number of nitriles is 1. The third-order valence-corrected chi connectivity index (χ3v) is 5.27. The summed E-state index contributed by atoms with van der Waals surface area (Å²) >= 11 is 0. The van der Waals surface area contributed by atoms with Crippen molar-refractivity contribution in [2.45, 2.75) is 6.42 Å². The molecule has 0 saturated carbocycles. The summed E-state index contributed by atoms with van der Waals surface area (Å²) in [6.07, 6.45) is 1.81. The monoisotopic (exact) mass is 355 g/mol. The third kappa shape index (κ3) is 3.49. The predicted molar refractivity (Wildman–Crippen MR) is 95.8 cm³/mol. The molecular formula is C18H17N3O3S. The van der Waals surface area contributed by atoms with Crippen LogP contribution in [0.25, 0.3) is 0 Å². The summed E-state index contributed by atoms with van der Waals surface area (Å²) in [5.41, 5.74) is 2.55. The summed E-state index contributed by atoms with van der Waals surface area (Å²) in [5.74, 6) is -0.294. The van der Waals surface area contributed by atoms with Crippen LogP contribution in [0.2, 0.25) is 0 Å². The van der Waals surface area contributed by atoms with Crippen molar-refractivity contribution in [1.29, 1.82) is 5.26 Å². The molecule has 0 fully saturated rings. The average molecular weight is 355 g/mol. The largest absolute Gasteiger partial charge is 0.310 e. The Balaban J connectivity index is 1.90. The van der Waals surface area contributed by atoms with Crippen LogP contribution in [0.3, 0.4) is 0 Å². The maximum absolute atomic E-state index is 12.7. The van der Waals surface area contributed by atoms with Gasteiger partial charge in [0.15, 0.2) is 0 Å². The Morgan fingerprint density at radius 3 is 2.72 bits per heavy atom. The molecule has 0 aromatic heterocycles. The second-order valence-electron chi connectivity index (χ2n) is 5.86. The van der Waals surface area contributed by atoms with Crippen molar-refractivity contribution in [3.8, 4) is 6.07 Å². The zero-order valence-corrected chi connectivity index (χ0v) is 14.5. The molecule has 7 heteroatoms. The normalized spacial score (nSPS) is 13.2. The number of hydrogen-bond acceptors (Lipinski definition) is 4. The van der Waals surface area contributed by atoms with E-state index in [1.54, 1.807) is 23.1 Å². The lowest BCUT2D eigenvalue weighted by Gasteiger charge is -2.25. The molecule has 0 bridgehead atoms. The Morgan fingerprint density at radius 2 is 2.00 bits per heavy atom. The van der Waals surface area contributed by atoms with E-state index in [1.807, 2.05) is 30.3 Å². The van der Waals surface area contributed by atoms with Gasteiger partial charge in [-0.15, -0.1) is 0 Å². The van der Waals surface area contributed by atoms with Crippen LogP contribution in [0, 0.1) is 11.3 Å². The number of carbonyl (C=O) groups is 1. The molecular weight excluding hydrogens is 338 g/mol. The Morgan fingerprint density at radius 1 is 1.24 bits per heavy atom. The fourth-order valence-corrected chi connectivity index (χ4v) is 3.78. The Kier molecular flexibility index (Phi) is 4.47. The molecule has 0 spiro atoms. The Bertz CT molecular complexity index is 964. The van der Waals surface area contributed by atoms with E-state index in [-0.39, 0.29) is 12.5 Å². The van der Waals surface area contributed by atoms with Gasteiger partial charge in [-0.3, -0.25) is 9.10 Å². The lowest BCUT2D eigenvalue weighted by molar-refractivity contribution is -0.117. The average Bonchev–Trinajstić information content (AvgIpc) is 3.02. The molecule has 25 heavy (non-hydrogen) atoms. The number of amides is 1. The van der Waals surface area contributed by atoms with Crippen molar-refractivity contribution in [3.05, 3.63) is 59.7 Å². The SMILES string of the molecule is CS(=O)(=O)N(CC(=O)N1CCc2ccccc21)c1cccc(C#N)c1. The van der Waals surface area contributed by atoms with Gasteiger partial charge in [-0.1, -0.05) is 24.3 Å². The number of rotatable bonds is 4. The maximum atomic E-state index is 12.7. The van der Waals surface area contributed by atoms with Crippen molar-refractivity contribution < 1.29 is 13.2 Å². The van der Waals surface area contributed by atoms with Crippen molar-refractivity contribution >= 4 is 27.3 Å². The van der Waals surface area contributed by atoms with E-state index in [0.29, 0.717) is 17.8 Å². The number of hydrogen-bond donors (Lipinski definition) is 0. The molecule has 1 amide bonds. The van der Waals surface area contributed by atoms with Gasteiger partial charge in [-0.05, 0) is 36.2 Å². The molecule has 0 saturated heterocycles. The van der Waals surface area contributed by atoms with Crippen LogP contribution < -0.4 is 9.21 Å². The zero-order chi connectivity index (χ0) is 18.0. The van der Waals surface area contributed by atoms with Gasteiger partial charge in [0, 0.05) is 12.2 Å². The summed E-state index contributed by atoms with van der Waals surface area (Å²) in [4.78, 5) is 14.4. The number of carbonyl (C=O) groups excluding carboxylic acids is 1. The fourth-order valence-electron chi connectivity index (χ4n) is 2.94. The molecule has 1 heterocycles. The van der Waals surface area contributed by atoms with Gasteiger partial charge < -0.3 is 4.90 Å². The van der Waals surface area contributed by atoms with Gasteiger partial charge in [0.25, 0.3) is 0 Å². The number of sulfonamides is 1. The molecule has 0 unspecified atom stereocenters. The minimum Gasteiger partial charge on any atom is -0.310 e. The van der Waals surface area contributed by atoms with Gasteiger partial charge in [-0.2, -0.15) is 5.26 Å². The lowest BCUT2D eigenvalue weighted by atomic mass is 10.2. The highest BCUT2D eigenvalue weighted by Gasteiger charge is 2.28. The molecule has 128 valence electrons. The predicted octanol–water partition coefficient (Wildman–Crippen LogP) is 1.91. The summed E-state index contributed by atoms with van der Waals surface area (Å²) in [5, 5.41) is 9.02. The second-order valence-corrected chi connectivity index (χ2v) is 7.76. The molecule has 0 N–H and O–H groups in total. The zero-order valence-electron chi connectivity index (χ0n) is 13.7. The van der Waals surface area contributed by atoms with Crippen LogP contribution in [0.1, 0.15) is 11.1 Å². The van der Waals surface area contributed by atoms with E-state index in [9.17, 15) is 13.2 Å². The van der Waals surface area contributed by atoms with E-state index >= 15 is 0 Å². The molecule has 0 atom stereocenters. The van der Waals surface area contributed by atoms with Crippen LogP contribution >= 0.6 is 0 Å². The van der Waals surface area contributed by atoms with Gasteiger partial charge in [0.1, 0.15) is 6.54 Å². The van der Waals surface area contributed by atoms with Crippen molar-refractivity contribution in [1.82, 2.24) is 0 Å². The van der Waals surface area contributed by atoms with E-state index in [1.165, 1.54) is 6.07 Å². The number of para-hydroxylation sites is 1. The van der Waals surface area contributed by atoms with Crippen LogP contribution in [0.4, 0.5) is 11.4 Å². The Hall–Kier alpha value is -2.85. The first-order chi connectivity index (χ1) is 11.9. The molecule has 2 aromatic rings. The Labute approximate surface area is 147 Å². The molecule has 0 radical (unpaired) electrons. The molecule has 1 aliphatic rings. The van der Waals surface area contributed by atoms with E-state index < -0.39 is 10.0 Å². The smallest absolute Gasteiger partial charge is 0.247 e. The van der Waals surface area contributed by atoms with Crippen LogP contribution in [-0.4, -0.2) is 33.7 Å². The van der Waals surface area contributed by atoms with E-state index in [2.05, 4.69) is 0 Å². The molecule has 2 aromatic carbocycles. The second kappa shape index (κ2) is 6.57. The van der Waals surface area contributed by atoms with Gasteiger partial charge in [0.2, 0.25) is 15.9 Å². The molecule has 0 aliphatic carbocycles. The van der Waals surface area contributed by atoms with Crippen LogP contribution in [-0.2, 0) is 21.2 Å². The maximum Gasteiger partial charge on any atom is 0.247 e. The number of nitrogens with zero attached hydrogens (tertiary/aromatic N) is 3. The molecule has 1 aliphatic heterocycles. The summed E-state index contributed by atoms with van der Waals surface area (Å²) in [6.45, 7) is 0.232. The van der Waals surface area contributed by atoms with E-state index in [0.717, 1.165) is 28.2 Å². The topological polar surface area (TPSA) is 81.5 Å². The van der Waals surface area contributed by atoms with E-state index in [4.69, 9.17) is 5.26 Å². The van der Waals surface area contributed by atoms with Gasteiger partial charge in [-0.25, -0.2) is 8.42 Å². The minimum atomic E-state index is -3.67. The van der Waals surface area contributed by atoms with Crippen LogP contribution in [0.5, 0.6) is 0 Å². The summed E-state index contributed by atoms with van der Waals surface area (Å²) in [7, 11) is -3.67. The first kappa shape index (κ1) is 17.0. The quantitative estimate of drug-likeness (QED) is 0.839. The highest BCUT2D eigenvalue weighted by atomic mass is 32.2. The highest BCUT2D eigenvalue weighted by Crippen LogP contribution is 2.28. The first-order valence-corrected chi connectivity index (χ1v) is 9.61. The summed E-state index contributed by atoms with van der Waals surface area (Å²) < 4.78 is 25.4. The molecule has 3 rings (SSSR count). The standard InChI is InChI=1S/C18H17N3O3S/c1-25(23,24)21(16-7-4-5-14(11-16)12-19)13-18(22)20-10-9-15-6-2-3-8-17(15)20/h2-8,11H,9-10,13H2,1H3. The lowest BCUT2D eigenvalue weighted by Crippen LogP contribution is -2.42. The van der Waals surface area contributed by atoms with Gasteiger partial charge >= 0.3 is 0 Å². The van der Waals surface area contributed by atoms with Crippen molar-refractivity contribution in [2.75, 3.05) is 28.6 Å². The summed E-state index contributed by atoms with van der Waals surface area (Å²) in [6, 6.07) is 15.8. The minimum absolute atomic E-state index is 0.294. The molecule has 6 nitrogen and oxygen atoms in total. The third-order valence-electron chi connectivity index (χ3n) is 4.13. The number of benzene rings is 2. The van der Waals surface area contributed by atoms with Crippen molar-refractivity contribution in [3.63, 3.8) is 0 Å². The fraction of sp³-hybridized carbons (Fsp3) is 0.222. The van der Waals surface area contributed by atoms with Crippen molar-refractivity contribution in [2.24, 2.45) is 0 Å². The van der Waals surface area contributed by atoms with Crippen LogP contribution in [0.15, 0.2) is 48.5 Å². The first-order valence-electron chi connectivity index (χ1n) is 7.76. The highest BCUT2D eigenvalue weighted by molar-refractivity contribution is 7.92.